The van der Waals surface area contributed by atoms with Crippen molar-refractivity contribution < 1.29 is 15.0 Å². The second kappa shape index (κ2) is 7.55. The predicted octanol–water partition coefficient (Wildman–Crippen LogP) is 2.67. The number of rotatable bonds is 6. The first-order valence-electron chi connectivity index (χ1n) is 6.94. The van der Waals surface area contributed by atoms with E-state index in [1.165, 1.54) is 10.5 Å². The molecular formula is C15H21NO3S. The highest BCUT2D eigenvalue weighted by Gasteiger charge is 2.33. The zero-order valence-corrected chi connectivity index (χ0v) is 12.3. The summed E-state index contributed by atoms with van der Waals surface area (Å²) in [5.74, 6) is 2.16. The SMILES string of the molecule is O=C(O)N1C[C@@H](CCCSCc2ccccc2)[C@H](O)C1. The zero-order valence-electron chi connectivity index (χ0n) is 11.4. The van der Waals surface area contributed by atoms with Crippen LogP contribution in [0.25, 0.3) is 0 Å². The van der Waals surface area contributed by atoms with Crippen LogP contribution in [0.3, 0.4) is 0 Å². The summed E-state index contributed by atoms with van der Waals surface area (Å²) in [4.78, 5) is 12.1. The zero-order chi connectivity index (χ0) is 14.4. The summed E-state index contributed by atoms with van der Waals surface area (Å²) < 4.78 is 0. The number of hydrogen-bond donors (Lipinski definition) is 2. The summed E-state index contributed by atoms with van der Waals surface area (Å²) >= 11 is 1.89. The fourth-order valence-corrected chi connectivity index (χ4v) is 3.45. The van der Waals surface area contributed by atoms with Crippen molar-refractivity contribution in [3.63, 3.8) is 0 Å². The smallest absolute Gasteiger partial charge is 0.407 e. The average molecular weight is 295 g/mol. The molecule has 20 heavy (non-hydrogen) atoms. The number of benzene rings is 1. The van der Waals surface area contributed by atoms with Crippen molar-refractivity contribution in [3.05, 3.63) is 35.9 Å². The number of hydrogen-bond acceptors (Lipinski definition) is 3. The van der Waals surface area contributed by atoms with Crippen LogP contribution in [-0.2, 0) is 5.75 Å². The maximum absolute atomic E-state index is 10.8. The Morgan fingerprint density at radius 2 is 2.05 bits per heavy atom. The third-order valence-electron chi connectivity index (χ3n) is 3.65. The van der Waals surface area contributed by atoms with Gasteiger partial charge in [-0.25, -0.2) is 4.79 Å². The van der Waals surface area contributed by atoms with Gasteiger partial charge in [0.25, 0.3) is 0 Å². The Bertz CT molecular complexity index is 426. The van der Waals surface area contributed by atoms with Gasteiger partial charge >= 0.3 is 6.09 Å². The van der Waals surface area contributed by atoms with Crippen LogP contribution in [0.15, 0.2) is 30.3 Å². The number of β-amino-alcohol motifs (C(OH)–C–C–N with tert-alkyl or cyclic N) is 1. The minimum atomic E-state index is -0.926. The lowest BCUT2D eigenvalue weighted by molar-refractivity contribution is 0.129. The lowest BCUT2D eigenvalue weighted by Crippen LogP contribution is -2.27. The van der Waals surface area contributed by atoms with E-state index in [0.29, 0.717) is 6.54 Å². The molecule has 0 spiro atoms. The molecule has 1 heterocycles. The van der Waals surface area contributed by atoms with Crippen molar-refractivity contribution in [1.29, 1.82) is 0 Å². The molecule has 1 aromatic carbocycles. The molecule has 0 saturated carbocycles. The monoisotopic (exact) mass is 295 g/mol. The Morgan fingerprint density at radius 3 is 2.70 bits per heavy atom. The molecule has 0 aromatic heterocycles. The van der Waals surface area contributed by atoms with E-state index in [0.717, 1.165) is 24.3 Å². The second-order valence-corrected chi connectivity index (χ2v) is 6.30. The number of aliphatic hydroxyl groups excluding tert-OH is 1. The Morgan fingerprint density at radius 1 is 1.30 bits per heavy atom. The van der Waals surface area contributed by atoms with Gasteiger partial charge < -0.3 is 15.1 Å². The molecule has 0 unspecified atom stereocenters. The highest BCUT2D eigenvalue weighted by Crippen LogP contribution is 2.23. The summed E-state index contributed by atoms with van der Waals surface area (Å²) in [5, 5.41) is 18.7. The summed E-state index contributed by atoms with van der Waals surface area (Å²) in [6.45, 7) is 0.733. The number of carbonyl (C=O) groups is 1. The predicted molar refractivity (Wildman–Crippen MR) is 80.9 cm³/mol. The molecule has 1 aliphatic heterocycles. The first-order chi connectivity index (χ1) is 9.66. The van der Waals surface area contributed by atoms with Crippen molar-refractivity contribution >= 4 is 17.9 Å². The van der Waals surface area contributed by atoms with Gasteiger partial charge in [0, 0.05) is 18.2 Å². The Labute approximate surface area is 123 Å². The van der Waals surface area contributed by atoms with E-state index in [-0.39, 0.29) is 12.5 Å². The molecule has 1 amide bonds. The van der Waals surface area contributed by atoms with Crippen LogP contribution in [0.2, 0.25) is 0 Å². The van der Waals surface area contributed by atoms with Crippen molar-refractivity contribution in [1.82, 2.24) is 4.90 Å². The Balaban J connectivity index is 1.61. The minimum Gasteiger partial charge on any atom is -0.465 e. The van der Waals surface area contributed by atoms with Crippen LogP contribution in [0, 0.1) is 5.92 Å². The molecule has 1 aliphatic rings. The molecule has 1 saturated heterocycles. The lowest BCUT2D eigenvalue weighted by atomic mass is 10.0. The summed E-state index contributed by atoms with van der Waals surface area (Å²) in [6, 6.07) is 10.4. The highest BCUT2D eigenvalue weighted by atomic mass is 32.2. The van der Waals surface area contributed by atoms with Crippen molar-refractivity contribution in [2.24, 2.45) is 5.92 Å². The van der Waals surface area contributed by atoms with Crippen LogP contribution in [0.5, 0.6) is 0 Å². The standard InChI is InChI=1S/C15H21NO3S/c17-14-10-16(15(18)19)9-13(14)7-4-8-20-11-12-5-2-1-3-6-12/h1-3,5-6,13-14,17H,4,7-11H2,(H,18,19)/t13-,14-/m1/s1. The van der Waals surface area contributed by atoms with Crippen LogP contribution in [0.1, 0.15) is 18.4 Å². The topological polar surface area (TPSA) is 60.8 Å². The maximum atomic E-state index is 10.8. The number of carboxylic acid groups (broad SMARTS) is 1. The molecule has 1 fully saturated rings. The molecule has 2 atom stereocenters. The molecule has 2 N–H and O–H groups in total. The van der Waals surface area contributed by atoms with Gasteiger partial charge in [0.2, 0.25) is 0 Å². The molecule has 110 valence electrons. The van der Waals surface area contributed by atoms with Crippen LogP contribution in [0.4, 0.5) is 4.79 Å². The molecular weight excluding hydrogens is 274 g/mol. The van der Waals surface area contributed by atoms with Gasteiger partial charge in [-0.1, -0.05) is 30.3 Å². The van der Waals surface area contributed by atoms with E-state index in [1.54, 1.807) is 0 Å². The number of likely N-dealkylation sites (tertiary alicyclic amines) is 1. The van der Waals surface area contributed by atoms with Crippen molar-refractivity contribution in [3.8, 4) is 0 Å². The normalized spacial score (nSPS) is 22.1. The molecule has 0 aliphatic carbocycles. The molecule has 1 aromatic rings. The van der Waals surface area contributed by atoms with E-state index in [4.69, 9.17) is 5.11 Å². The van der Waals surface area contributed by atoms with Gasteiger partial charge in [0.15, 0.2) is 0 Å². The molecule has 5 heteroatoms. The summed E-state index contributed by atoms with van der Waals surface area (Å²) in [6.07, 6.45) is 0.495. The van der Waals surface area contributed by atoms with Gasteiger partial charge in [0.05, 0.1) is 12.6 Å². The summed E-state index contributed by atoms with van der Waals surface area (Å²) in [5.41, 5.74) is 1.33. The van der Waals surface area contributed by atoms with Gasteiger partial charge in [0.1, 0.15) is 0 Å². The fraction of sp³-hybridized carbons (Fsp3) is 0.533. The fourth-order valence-electron chi connectivity index (χ4n) is 2.51. The van der Waals surface area contributed by atoms with Crippen LogP contribution < -0.4 is 0 Å². The summed E-state index contributed by atoms with van der Waals surface area (Å²) in [7, 11) is 0. The third kappa shape index (κ3) is 4.42. The molecule has 4 nitrogen and oxygen atoms in total. The van der Waals surface area contributed by atoms with E-state index in [2.05, 4.69) is 12.1 Å². The largest absolute Gasteiger partial charge is 0.465 e. The van der Waals surface area contributed by atoms with Crippen molar-refractivity contribution in [2.75, 3.05) is 18.8 Å². The van der Waals surface area contributed by atoms with Crippen LogP contribution in [-0.4, -0.2) is 46.2 Å². The number of thioether (sulfide) groups is 1. The number of amides is 1. The lowest BCUT2D eigenvalue weighted by Gasteiger charge is -2.12. The van der Waals surface area contributed by atoms with Gasteiger partial charge in [-0.3, -0.25) is 0 Å². The highest BCUT2D eigenvalue weighted by molar-refractivity contribution is 7.98. The van der Waals surface area contributed by atoms with E-state index in [9.17, 15) is 9.90 Å². The molecule has 0 radical (unpaired) electrons. The Hall–Kier alpha value is -1.20. The van der Waals surface area contributed by atoms with Crippen molar-refractivity contribution in [2.45, 2.75) is 24.7 Å². The number of nitrogens with zero attached hydrogens (tertiary/aromatic N) is 1. The van der Waals surface area contributed by atoms with E-state index >= 15 is 0 Å². The molecule has 0 bridgehead atoms. The third-order valence-corrected chi connectivity index (χ3v) is 4.77. The van der Waals surface area contributed by atoms with Gasteiger partial charge in [-0.2, -0.15) is 11.8 Å². The second-order valence-electron chi connectivity index (χ2n) is 5.20. The van der Waals surface area contributed by atoms with Gasteiger partial charge in [-0.05, 0) is 24.2 Å². The first-order valence-corrected chi connectivity index (χ1v) is 8.10. The average Bonchev–Trinajstić information content (AvgIpc) is 2.81. The Kier molecular flexibility index (Phi) is 5.73. The van der Waals surface area contributed by atoms with E-state index < -0.39 is 12.2 Å². The quantitative estimate of drug-likeness (QED) is 0.792. The van der Waals surface area contributed by atoms with E-state index in [1.807, 2.05) is 30.0 Å². The molecule has 2 rings (SSSR count). The minimum absolute atomic E-state index is 0.100. The van der Waals surface area contributed by atoms with Gasteiger partial charge in [-0.15, -0.1) is 0 Å². The number of aliphatic hydroxyl groups is 1. The van der Waals surface area contributed by atoms with Crippen LogP contribution >= 0.6 is 11.8 Å². The first kappa shape index (κ1) is 15.2. The maximum Gasteiger partial charge on any atom is 0.407 e.